The third kappa shape index (κ3) is 4.67. The van der Waals surface area contributed by atoms with Gasteiger partial charge in [-0.15, -0.1) is 11.3 Å². The summed E-state index contributed by atoms with van der Waals surface area (Å²) >= 11 is 1.48. The molecule has 1 amide bonds. The Hall–Kier alpha value is -2.67. The van der Waals surface area contributed by atoms with E-state index in [1.54, 1.807) is 13.3 Å². The van der Waals surface area contributed by atoms with E-state index >= 15 is 0 Å². The average Bonchev–Trinajstić information content (AvgIpc) is 3.24. The molecule has 0 saturated heterocycles. The van der Waals surface area contributed by atoms with Gasteiger partial charge in [-0.05, 0) is 31.0 Å². The van der Waals surface area contributed by atoms with Gasteiger partial charge in [0.05, 0.1) is 13.3 Å². The molecule has 25 heavy (non-hydrogen) atoms. The molecule has 3 rings (SSSR count). The molecule has 0 atom stereocenters. The smallest absolute Gasteiger partial charge is 0.226 e. The number of anilines is 1. The molecule has 0 bridgehead atoms. The summed E-state index contributed by atoms with van der Waals surface area (Å²) in [5, 5.41) is 7.84. The van der Waals surface area contributed by atoms with E-state index in [9.17, 15) is 4.79 Å². The van der Waals surface area contributed by atoms with Crippen LogP contribution in [0.5, 0.6) is 5.75 Å². The zero-order valence-corrected chi connectivity index (χ0v) is 15.0. The van der Waals surface area contributed by atoms with Crippen LogP contribution in [0.1, 0.15) is 17.7 Å². The molecule has 6 nitrogen and oxygen atoms in total. The van der Waals surface area contributed by atoms with Crippen LogP contribution in [0.15, 0.2) is 42.9 Å². The van der Waals surface area contributed by atoms with Gasteiger partial charge in [-0.25, -0.2) is 4.98 Å². The molecule has 3 aromatic rings. The molecule has 7 heteroatoms. The quantitative estimate of drug-likeness (QED) is 0.700. The second-order valence-electron chi connectivity index (χ2n) is 5.65. The van der Waals surface area contributed by atoms with Gasteiger partial charge in [0, 0.05) is 35.8 Å². The summed E-state index contributed by atoms with van der Waals surface area (Å²) in [7, 11) is 1.65. The fourth-order valence-corrected chi connectivity index (χ4v) is 3.09. The van der Waals surface area contributed by atoms with Crippen molar-refractivity contribution in [1.82, 2.24) is 14.8 Å². The van der Waals surface area contributed by atoms with E-state index in [1.807, 2.05) is 48.3 Å². The lowest BCUT2D eigenvalue weighted by Gasteiger charge is -2.03. The number of ether oxygens (including phenoxy) is 1. The fourth-order valence-electron chi connectivity index (χ4n) is 2.41. The molecule has 0 radical (unpaired) electrons. The number of hydrogen-bond donors (Lipinski definition) is 1. The highest BCUT2D eigenvalue weighted by Crippen LogP contribution is 2.22. The number of aromatic nitrogens is 3. The average molecular weight is 356 g/mol. The Labute approximate surface area is 150 Å². The van der Waals surface area contributed by atoms with Crippen molar-refractivity contribution < 1.29 is 9.53 Å². The van der Waals surface area contributed by atoms with Crippen LogP contribution >= 0.6 is 11.3 Å². The zero-order chi connectivity index (χ0) is 17.6. The van der Waals surface area contributed by atoms with Gasteiger partial charge >= 0.3 is 0 Å². The van der Waals surface area contributed by atoms with Crippen molar-refractivity contribution in [3.8, 4) is 16.9 Å². The molecule has 130 valence electrons. The standard InChI is InChI=1S/C18H20N4O2S/c1-13-10-19-18(25-13)21-17(23)4-3-9-22-12-15(11-20-22)14-5-7-16(24-2)8-6-14/h5-8,10-12H,3-4,9H2,1-2H3,(H,19,21,23). The molecule has 1 aromatic carbocycles. The maximum Gasteiger partial charge on any atom is 0.226 e. The number of aryl methyl sites for hydroxylation is 2. The van der Waals surface area contributed by atoms with Gasteiger partial charge < -0.3 is 10.1 Å². The van der Waals surface area contributed by atoms with E-state index in [-0.39, 0.29) is 5.91 Å². The molecule has 0 aliphatic rings. The van der Waals surface area contributed by atoms with Crippen LogP contribution in [0.25, 0.3) is 11.1 Å². The topological polar surface area (TPSA) is 69.0 Å². The number of amides is 1. The number of benzene rings is 1. The van der Waals surface area contributed by atoms with Gasteiger partial charge in [-0.3, -0.25) is 9.48 Å². The predicted octanol–water partition coefficient (Wildman–Crippen LogP) is 3.74. The van der Waals surface area contributed by atoms with E-state index in [1.165, 1.54) is 11.3 Å². The van der Waals surface area contributed by atoms with Crippen LogP contribution in [-0.2, 0) is 11.3 Å². The third-order valence-electron chi connectivity index (χ3n) is 3.72. The number of nitrogens with zero attached hydrogens (tertiary/aromatic N) is 3. The number of hydrogen-bond acceptors (Lipinski definition) is 5. The van der Waals surface area contributed by atoms with Gasteiger partial charge in [0.2, 0.25) is 5.91 Å². The van der Waals surface area contributed by atoms with Gasteiger partial charge in [0.15, 0.2) is 5.13 Å². The largest absolute Gasteiger partial charge is 0.497 e. The van der Waals surface area contributed by atoms with Crippen molar-refractivity contribution in [1.29, 1.82) is 0 Å². The maximum atomic E-state index is 11.9. The van der Waals surface area contributed by atoms with Crippen LogP contribution < -0.4 is 10.1 Å². The number of thiazole rings is 1. The summed E-state index contributed by atoms with van der Waals surface area (Å²) in [5.41, 5.74) is 2.13. The van der Waals surface area contributed by atoms with E-state index in [0.29, 0.717) is 18.1 Å². The lowest BCUT2D eigenvalue weighted by atomic mass is 10.1. The van der Waals surface area contributed by atoms with Crippen molar-refractivity contribution >= 4 is 22.4 Å². The highest BCUT2D eigenvalue weighted by atomic mass is 32.1. The number of nitrogens with one attached hydrogen (secondary N) is 1. The number of rotatable bonds is 7. The molecule has 0 aliphatic heterocycles. The maximum absolute atomic E-state index is 11.9. The summed E-state index contributed by atoms with van der Waals surface area (Å²) in [6, 6.07) is 7.86. The first kappa shape index (κ1) is 17.2. The van der Waals surface area contributed by atoms with Crippen LogP contribution in [0.2, 0.25) is 0 Å². The second kappa shape index (κ2) is 7.94. The predicted molar refractivity (Wildman–Crippen MR) is 98.9 cm³/mol. The Kier molecular flexibility index (Phi) is 5.45. The monoisotopic (exact) mass is 356 g/mol. The molecule has 2 heterocycles. The molecule has 0 unspecified atom stereocenters. The van der Waals surface area contributed by atoms with E-state index < -0.39 is 0 Å². The Morgan fingerprint density at radius 1 is 1.24 bits per heavy atom. The molecule has 0 saturated carbocycles. The number of carbonyl (C=O) groups is 1. The lowest BCUT2D eigenvalue weighted by Crippen LogP contribution is -2.12. The Balaban J connectivity index is 1.48. The van der Waals surface area contributed by atoms with Crippen molar-refractivity contribution in [2.24, 2.45) is 0 Å². The summed E-state index contributed by atoms with van der Waals surface area (Å²) in [6.07, 6.45) is 6.74. The van der Waals surface area contributed by atoms with E-state index in [2.05, 4.69) is 15.4 Å². The van der Waals surface area contributed by atoms with Crippen LogP contribution in [0.3, 0.4) is 0 Å². The molecule has 2 aromatic heterocycles. The number of methoxy groups -OCH3 is 1. The minimum atomic E-state index is -0.0168. The minimum absolute atomic E-state index is 0.0168. The summed E-state index contributed by atoms with van der Waals surface area (Å²) < 4.78 is 7.03. The highest BCUT2D eigenvalue weighted by molar-refractivity contribution is 7.15. The van der Waals surface area contributed by atoms with Gasteiger partial charge in [-0.1, -0.05) is 12.1 Å². The van der Waals surface area contributed by atoms with E-state index in [0.717, 1.165) is 28.2 Å². The van der Waals surface area contributed by atoms with Crippen molar-refractivity contribution in [2.45, 2.75) is 26.3 Å². The van der Waals surface area contributed by atoms with Crippen LogP contribution in [0.4, 0.5) is 5.13 Å². The molecular weight excluding hydrogens is 336 g/mol. The Bertz CT molecular complexity index is 839. The van der Waals surface area contributed by atoms with Gasteiger partial charge in [0.1, 0.15) is 5.75 Å². The summed E-state index contributed by atoms with van der Waals surface area (Å²) in [4.78, 5) is 17.1. The Morgan fingerprint density at radius 2 is 2.04 bits per heavy atom. The molecular formula is C18H20N4O2S. The Morgan fingerprint density at radius 3 is 2.72 bits per heavy atom. The molecule has 0 spiro atoms. The minimum Gasteiger partial charge on any atom is -0.497 e. The normalized spacial score (nSPS) is 10.6. The second-order valence-corrected chi connectivity index (χ2v) is 6.88. The SMILES string of the molecule is COc1ccc(-c2cnn(CCCC(=O)Nc3ncc(C)s3)c2)cc1. The lowest BCUT2D eigenvalue weighted by molar-refractivity contribution is -0.116. The first-order valence-corrected chi connectivity index (χ1v) is 8.85. The molecule has 1 N–H and O–H groups in total. The van der Waals surface area contributed by atoms with Crippen molar-refractivity contribution in [3.05, 3.63) is 47.7 Å². The van der Waals surface area contributed by atoms with E-state index in [4.69, 9.17) is 4.74 Å². The summed E-state index contributed by atoms with van der Waals surface area (Å²) in [6.45, 7) is 2.66. The van der Waals surface area contributed by atoms with Gasteiger partial charge in [-0.2, -0.15) is 5.10 Å². The first-order valence-electron chi connectivity index (χ1n) is 8.03. The van der Waals surface area contributed by atoms with Crippen molar-refractivity contribution in [3.63, 3.8) is 0 Å². The van der Waals surface area contributed by atoms with Gasteiger partial charge in [0.25, 0.3) is 0 Å². The third-order valence-corrected chi connectivity index (χ3v) is 4.54. The van der Waals surface area contributed by atoms with Crippen LogP contribution in [-0.4, -0.2) is 27.8 Å². The highest BCUT2D eigenvalue weighted by Gasteiger charge is 2.06. The fraction of sp³-hybridized carbons (Fsp3) is 0.278. The molecule has 0 fully saturated rings. The molecule has 0 aliphatic carbocycles. The van der Waals surface area contributed by atoms with Crippen LogP contribution in [0, 0.1) is 6.92 Å². The first-order chi connectivity index (χ1) is 12.1. The van der Waals surface area contributed by atoms with Crippen molar-refractivity contribution in [2.75, 3.05) is 12.4 Å². The summed E-state index contributed by atoms with van der Waals surface area (Å²) in [5.74, 6) is 0.814. The number of carbonyl (C=O) groups excluding carboxylic acids is 1. The zero-order valence-electron chi connectivity index (χ0n) is 14.2.